The molecule has 0 heterocycles. The molecule has 80 valence electrons. The second-order valence-electron chi connectivity index (χ2n) is 3.27. The average molecular weight is 204 g/mol. The van der Waals surface area contributed by atoms with Crippen LogP contribution in [0.3, 0.4) is 0 Å². The third-order valence-corrected chi connectivity index (χ3v) is 2.12. The molecule has 1 aromatic carbocycles. The smallest absolute Gasteiger partial charge is 0.338 e. The lowest BCUT2D eigenvalue weighted by molar-refractivity contribution is 0.0600. The van der Waals surface area contributed by atoms with Gasteiger partial charge in [0, 0.05) is 0 Å². The Labute approximate surface area is 90.6 Å². The molecule has 0 saturated carbocycles. The molecule has 0 aliphatic heterocycles. The van der Waals surface area contributed by atoms with Crippen molar-refractivity contribution in [2.45, 2.75) is 19.8 Å². The molecular weight excluding hydrogens is 188 g/mol. The maximum absolute atomic E-state index is 11.4. The lowest BCUT2D eigenvalue weighted by Crippen LogP contribution is -2.02. The van der Waals surface area contributed by atoms with Gasteiger partial charge in [-0.15, -0.1) is 0 Å². The van der Waals surface area contributed by atoms with Gasteiger partial charge in [0.2, 0.25) is 0 Å². The molecule has 0 radical (unpaired) electrons. The Hall–Kier alpha value is -1.57. The number of carbonyl (C=O) groups excluding carboxylic acids is 1. The van der Waals surface area contributed by atoms with Crippen LogP contribution in [0.2, 0.25) is 0 Å². The zero-order valence-corrected chi connectivity index (χ0v) is 9.19. The minimum Gasteiger partial charge on any atom is -0.465 e. The van der Waals surface area contributed by atoms with Gasteiger partial charge >= 0.3 is 5.97 Å². The largest absolute Gasteiger partial charge is 0.465 e. The fourth-order valence-corrected chi connectivity index (χ4v) is 1.32. The van der Waals surface area contributed by atoms with E-state index in [9.17, 15) is 4.79 Å². The number of carbonyl (C=O) groups is 1. The van der Waals surface area contributed by atoms with Crippen LogP contribution in [0.1, 0.15) is 35.7 Å². The van der Waals surface area contributed by atoms with Crippen LogP contribution < -0.4 is 0 Å². The van der Waals surface area contributed by atoms with Crippen molar-refractivity contribution in [3.63, 3.8) is 0 Å². The minimum atomic E-state index is -0.285. The highest BCUT2D eigenvalue weighted by Gasteiger charge is 2.07. The van der Waals surface area contributed by atoms with E-state index in [0.717, 1.165) is 18.4 Å². The molecule has 0 spiro atoms. The molecule has 0 aliphatic carbocycles. The zero-order valence-electron chi connectivity index (χ0n) is 9.19. The van der Waals surface area contributed by atoms with E-state index >= 15 is 0 Å². The first kappa shape index (κ1) is 11.5. The first-order valence-corrected chi connectivity index (χ1v) is 5.13. The van der Waals surface area contributed by atoms with Gasteiger partial charge in [0.05, 0.1) is 12.7 Å². The van der Waals surface area contributed by atoms with Crippen LogP contribution in [-0.2, 0) is 4.74 Å². The van der Waals surface area contributed by atoms with Gasteiger partial charge in [0.25, 0.3) is 0 Å². The average Bonchev–Trinajstić information content (AvgIpc) is 2.29. The molecule has 1 rings (SSSR count). The number of ether oxygens (including phenoxy) is 1. The highest BCUT2D eigenvalue weighted by molar-refractivity contribution is 5.93. The summed E-state index contributed by atoms with van der Waals surface area (Å²) in [5, 5.41) is 0. The van der Waals surface area contributed by atoms with Gasteiger partial charge in [-0.25, -0.2) is 4.79 Å². The van der Waals surface area contributed by atoms with Gasteiger partial charge in [0.1, 0.15) is 0 Å². The first-order chi connectivity index (χ1) is 7.29. The van der Waals surface area contributed by atoms with Crippen molar-refractivity contribution in [3.05, 3.63) is 41.5 Å². The fourth-order valence-electron chi connectivity index (χ4n) is 1.32. The van der Waals surface area contributed by atoms with Gasteiger partial charge in [0.15, 0.2) is 0 Å². The number of hydrogen-bond acceptors (Lipinski definition) is 2. The van der Waals surface area contributed by atoms with Gasteiger partial charge in [-0.05, 0) is 18.1 Å². The zero-order chi connectivity index (χ0) is 11.1. The van der Waals surface area contributed by atoms with Crippen LogP contribution in [0.15, 0.2) is 30.3 Å². The van der Waals surface area contributed by atoms with Gasteiger partial charge < -0.3 is 4.74 Å². The second kappa shape index (κ2) is 6.02. The van der Waals surface area contributed by atoms with Crippen molar-refractivity contribution in [1.29, 1.82) is 0 Å². The van der Waals surface area contributed by atoms with Crippen molar-refractivity contribution < 1.29 is 9.53 Å². The predicted molar refractivity (Wildman–Crippen MR) is 61.7 cm³/mol. The standard InChI is InChI=1S/C13H16O2/c1-3-4-5-8-11-9-6-7-10-12(11)13(14)15-2/h5-10H,3-4H2,1-2H3/b8-5+. The number of esters is 1. The Morgan fingerprint density at radius 1 is 1.40 bits per heavy atom. The summed E-state index contributed by atoms with van der Waals surface area (Å²) in [5.74, 6) is -0.285. The summed E-state index contributed by atoms with van der Waals surface area (Å²) < 4.78 is 4.71. The van der Waals surface area contributed by atoms with E-state index in [1.54, 1.807) is 6.07 Å². The monoisotopic (exact) mass is 204 g/mol. The quantitative estimate of drug-likeness (QED) is 0.703. The normalized spacial score (nSPS) is 10.5. The minimum absolute atomic E-state index is 0.285. The maximum Gasteiger partial charge on any atom is 0.338 e. The Kier molecular flexibility index (Phi) is 4.61. The van der Waals surface area contributed by atoms with E-state index in [0.29, 0.717) is 5.56 Å². The van der Waals surface area contributed by atoms with Crippen LogP contribution in [-0.4, -0.2) is 13.1 Å². The Bertz CT molecular complexity index is 353. The van der Waals surface area contributed by atoms with Crippen molar-refractivity contribution in [2.24, 2.45) is 0 Å². The molecule has 2 nitrogen and oxygen atoms in total. The molecule has 0 amide bonds. The lowest BCUT2D eigenvalue weighted by atomic mass is 10.1. The Balaban J connectivity index is 2.91. The van der Waals surface area contributed by atoms with Gasteiger partial charge in [-0.1, -0.05) is 43.7 Å². The highest BCUT2D eigenvalue weighted by Crippen LogP contribution is 2.12. The Morgan fingerprint density at radius 3 is 2.80 bits per heavy atom. The van der Waals surface area contributed by atoms with Gasteiger partial charge in [-0.2, -0.15) is 0 Å². The molecule has 15 heavy (non-hydrogen) atoms. The van der Waals surface area contributed by atoms with E-state index in [-0.39, 0.29) is 5.97 Å². The number of unbranched alkanes of at least 4 members (excludes halogenated alkanes) is 1. The van der Waals surface area contributed by atoms with Crippen molar-refractivity contribution in [3.8, 4) is 0 Å². The van der Waals surface area contributed by atoms with Crippen LogP contribution in [0.4, 0.5) is 0 Å². The third kappa shape index (κ3) is 3.24. The van der Waals surface area contributed by atoms with E-state index in [2.05, 4.69) is 13.0 Å². The van der Waals surface area contributed by atoms with E-state index < -0.39 is 0 Å². The van der Waals surface area contributed by atoms with E-state index in [1.165, 1.54) is 7.11 Å². The summed E-state index contributed by atoms with van der Waals surface area (Å²) in [7, 11) is 1.40. The van der Waals surface area contributed by atoms with Crippen LogP contribution >= 0.6 is 0 Å². The van der Waals surface area contributed by atoms with E-state index in [4.69, 9.17) is 4.74 Å². The maximum atomic E-state index is 11.4. The number of rotatable bonds is 4. The summed E-state index contributed by atoms with van der Waals surface area (Å²) in [6.07, 6.45) is 6.17. The molecule has 0 saturated heterocycles. The SMILES string of the molecule is CCC/C=C/c1ccccc1C(=O)OC. The molecule has 1 aromatic rings. The second-order valence-corrected chi connectivity index (χ2v) is 3.27. The predicted octanol–water partition coefficient (Wildman–Crippen LogP) is 3.29. The molecule has 0 aromatic heterocycles. The summed E-state index contributed by atoms with van der Waals surface area (Å²) in [6, 6.07) is 7.44. The van der Waals surface area contributed by atoms with E-state index in [1.807, 2.05) is 24.3 Å². The van der Waals surface area contributed by atoms with Crippen LogP contribution in [0.25, 0.3) is 6.08 Å². The number of hydrogen-bond donors (Lipinski definition) is 0. The van der Waals surface area contributed by atoms with Crippen molar-refractivity contribution in [2.75, 3.05) is 7.11 Å². The summed E-state index contributed by atoms with van der Waals surface area (Å²) in [5.41, 5.74) is 1.53. The molecular formula is C13H16O2. The van der Waals surface area contributed by atoms with Crippen LogP contribution in [0, 0.1) is 0 Å². The molecule has 0 N–H and O–H groups in total. The summed E-state index contributed by atoms with van der Waals surface area (Å²) in [4.78, 5) is 11.4. The highest BCUT2D eigenvalue weighted by atomic mass is 16.5. The third-order valence-electron chi connectivity index (χ3n) is 2.12. The number of allylic oxidation sites excluding steroid dienone is 1. The molecule has 0 fully saturated rings. The molecule has 0 unspecified atom stereocenters. The molecule has 0 bridgehead atoms. The molecule has 0 aliphatic rings. The summed E-state index contributed by atoms with van der Waals surface area (Å²) >= 11 is 0. The summed E-state index contributed by atoms with van der Waals surface area (Å²) in [6.45, 7) is 2.12. The molecule has 2 heteroatoms. The number of methoxy groups -OCH3 is 1. The molecule has 0 atom stereocenters. The van der Waals surface area contributed by atoms with Crippen molar-refractivity contribution >= 4 is 12.0 Å². The van der Waals surface area contributed by atoms with Crippen LogP contribution in [0.5, 0.6) is 0 Å². The Morgan fingerprint density at radius 2 is 2.13 bits per heavy atom. The topological polar surface area (TPSA) is 26.3 Å². The first-order valence-electron chi connectivity index (χ1n) is 5.13. The van der Waals surface area contributed by atoms with Gasteiger partial charge in [-0.3, -0.25) is 0 Å². The fraction of sp³-hybridized carbons (Fsp3) is 0.308. The number of benzene rings is 1. The lowest BCUT2D eigenvalue weighted by Gasteiger charge is -2.02. The van der Waals surface area contributed by atoms with Crippen molar-refractivity contribution in [1.82, 2.24) is 0 Å².